The summed E-state index contributed by atoms with van der Waals surface area (Å²) in [4.78, 5) is 11.8. The molecule has 1 aromatic heterocycles. The van der Waals surface area contributed by atoms with E-state index in [1.54, 1.807) is 10.9 Å². The topological polar surface area (TPSA) is 72.9 Å². The van der Waals surface area contributed by atoms with Gasteiger partial charge in [-0.05, 0) is 30.2 Å². The Hall–Kier alpha value is -2.37. The molecule has 3 N–H and O–H groups in total. The molecule has 0 saturated heterocycles. The average molecular weight is 262 g/mol. The van der Waals surface area contributed by atoms with Crippen molar-refractivity contribution < 1.29 is 9.18 Å². The first-order valence-corrected chi connectivity index (χ1v) is 5.87. The second-order valence-electron chi connectivity index (χ2n) is 4.27. The second-order valence-corrected chi connectivity index (χ2v) is 4.27. The van der Waals surface area contributed by atoms with E-state index in [4.69, 9.17) is 5.73 Å². The van der Waals surface area contributed by atoms with Crippen molar-refractivity contribution in [3.05, 3.63) is 47.5 Å². The number of aryl methyl sites for hydroxylation is 1. The molecule has 0 fully saturated rings. The van der Waals surface area contributed by atoms with E-state index < -0.39 is 11.7 Å². The summed E-state index contributed by atoms with van der Waals surface area (Å²) in [5.41, 5.74) is 6.74. The molecule has 1 heterocycles. The van der Waals surface area contributed by atoms with Crippen molar-refractivity contribution in [3.63, 3.8) is 0 Å². The van der Waals surface area contributed by atoms with Crippen LogP contribution in [0.15, 0.2) is 30.6 Å². The minimum atomic E-state index is -0.612. The van der Waals surface area contributed by atoms with Crippen LogP contribution in [0.2, 0.25) is 0 Å². The van der Waals surface area contributed by atoms with Crippen LogP contribution in [0.1, 0.15) is 15.9 Å². The number of nitrogen functional groups attached to an aromatic ring is 1. The predicted molar refractivity (Wildman–Crippen MR) is 70.1 cm³/mol. The molecule has 100 valence electrons. The summed E-state index contributed by atoms with van der Waals surface area (Å²) < 4.78 is 15.2. The van der Waals surface area contributed by atoms with Crippen LogP contribution in [0.5, 0.6) is 0 Å². The highest BCUT2D eigenvalue weighted by molar-refractivity contribution is 5.94. The zero-order valence-corrected chi connectivity index (χ0v) is 10.6. The number of nitrogens with one attached hydrogen (secondary N) is 1. The SMILES string of the molecule is Cn1cc(CCNC(=O)c2ccc(N)cc2F)cn1. The van der Waals surface area contributed by atoms with Crippen molar-refractivity contribution >= 4 is 11.6 Å². The van der Waals surface area contributed by atoms with Crippen LogP contribution in [0.4, 0.5) is 10.1 Å². The first-order valence-electron chi connectivity index (χ1n) is 5.87. The average Bonchev–Trinajstić information content (AvgIpc) is 2.75. The van der Waals surface area contributed by atoms with E-state index in [0.29, 0.717) is 18.7 Å². The van der Waals surface area contributed by atoms with Gasteiger partial charge in [0, 0.05) is 25.5 Å². The molecule has 6 heteroatoms. The standard InChI is InChI=1S/C13H15FN4O/c1-18-8-9(7-17-18)4-5-16-13(19)11-3-2-10(15)6-12(11)14/h2-3,6-8H,4-5,15H2,1H3,(H,16,19). The van der Waals surface area contributed by atoms with Crippen LogP contribution < -0.4 is 11.1 Å². The van der Waals surface area contributed by atoms with Gasteiger partial charge in [0.2, 0.25) is 0 Å². The number of carbonyl (C=O) groups excluding carboxylic acids is 1. The third-order valence-electron chi connectivity index (χ3n) is 2.70. The van der Waals surface area contributed by atoms with Crippen molar-refractivity contribution in [1.82, 2.24) is 15.1 Å². The summed E-state index contributed by atoms with van der Waals surface area (Å²) in [7, 11) is 1.83. The molecule has 0 spiro atoms. The normalized spacial score (nSPS) is 10.4. The lowest BCUT2D eigenvalue weighted by Crippen LogP contribution is -2.26. The molecule has 0 aliphatic rings. The van der Waals surface area contributed by atoms with Crippen LogP contribution in [0.3, 0.4) is 0 Å². The summed E-state index contributed by atoms with van der Waals surface area (Å²) in [6.45, 7) is 0.425. The Morgan fingerprint density at radius 1 is 1.53 bits per heavy atom. The molecule has 2 rings (SSSR count). The fourth-order valence-corrected chi connectivity index (χ4v) is 1.73. The van der Waals surface area contributed by atoms with Crippen molar-refractivity contribution in [1.29, 1.82) is 0 Å². The van der Waals surface area contributed by atoms with Gasteiger partial charge in [0.15, 0.2) is 0 Å². The molecule has 0 bridgehead atoms. The van der Waals surface area contributed by atoms with Crippen molar-refractivity contribution in [2.45, 2.75) is 6.42 Å². The fourth-order valence-electron chi connectivity index (χ4n) is 1.73. The Morgan fingerprint density at radius 3 is 2.95 bits per heavy atom. The molecule has 1 amide bonds. The van der Waals surface area contributed by atoms with Gasteiger partial charge in [-0.15, -0.1) is 0 Å². The van der Waals surface area contributed by atoms with E-state index in [9.17, 15) is 9.18 Å². The lowest BCUT2D eigenvalue weighted by Gasteiger charge is -2.05. The van der Waals surface area contributed by atoms with Gasteiger partial charge in [-0.25, -0.2) is 4.39 Å². The maximum atomic E-state index is 13.5. The first-order chi connectivity index (χ1) is 9.06. The summed E-state index contributed by atoms with van der Waals surface area (Å²) in [6, 6.07) is 4.01. The summed E-state index contributed by atoms with van der Waals surface area (Å²) in [5.74, 6) is -1.06. The number of nitrogens with zero attached hydrogens (tertiary/aromatic N) is 2. The Balaban J connectivity index is 1.90. The molecular formula is C13H15FN4O. The molecule has 1 aromatic carbocycles. The van der Waals surface area contributed by atoms with E-state index in [2.05, 4.69) is 10.4 Å². The van der Waals surface area contributed by atoms with Gasteiger partial charge in [0.05, 0.1) is 11.8 Å². The third-order valence-corrected chi connectivity index (χ3v) is 2.70. The van der Waals surface area contributed by atoms with Gasteiger partial charge in [-0.1, -0.05) is 0 Å². The van der Waals surface area contributed by atoms with Gasteiger partial charge >= 0.3 is 0 Å². The lowest BCUT2D eigenvalue weighted by molar-refractivity contribution is 0.0950. The first kappa shape index (κ1) is 13.1. The largest absolute Gasteiger partial charge is 0.399 e. The minimum Gasteiger partial charge on any atom is -0.399 e. The summed E-state index contributed by atoms with van der Waals surface area (Å²) in [6.07, 6.45) is 4.25. The predicted octanol–water partition coefficient (Wildman–Crippen LogP) is 1.11. The smallest absolute Gasteiger partial charge is 0.254 e. The van der Waals surface area contributed by atoms with E-state index in [0.717, 1.165) is 11.6 Å². The van der Waals surface area contributed by atoms with Crippen LogP contribution in [0.25, 0.3) is 0 Å². The zero-order chi connectivity index (χ0) is 13.8. The number of nitrogens with two attached hydrogens (primary N) is 1. The maximum Gasteiger partial charge on any atom is 0.254 e. The molecule has 5 nitrogen and oxygen atoms in total. The monoisotopic (exact) mass is 262 g/mol. The van der Waals surface area contributed by atoms with Gasteiger partial charge in [-0.2, -0.15) is 5.10 Å². The van der Waals surface area contributed by atoms with Crippen LogP contribution in [-0.2, 0) is 13.5 Å². The number of hydrogen-bond acceptors (Lipinski definition) is 3. The highest BCUT2D eigenvalue weighted by atomic mass is 19.1. The highest BCUT2D eigenvalue weighted by Gasteiger charge is 2.11. The molecular weight excluding hydrogens is 247 g/mol. The second kappa shape index (κ2) is 5.51. The van der Waals surface area contributed by atoms with Crippen molar-refractivity contribution in [2.24, 2.45) is 7.05 Å². The number of benzene rings is 1. The molecule has 0 atom stereocenters. The molecule has 0 aliphatic heterocycles. The molecule has 2 aromatic rings. The van der Waals surface area contributed by atoms with E-state index in [1.165, 1.54) is 12.1 Å². The van der Waals surface area contributed by atoms with Gasteiger partial charge < -0.3 is 11.1 Å². The number of carbonyl (C=O) groups is 1. The Bertz CT molecular complexity index is 594. The van der Waals surface area contributed by atoms with Crippen molar-refractivity contribution in [3.8, 4) is 0 Å². The van der Waals surface area contributed by atoms with Gasteiger partial charge in [-0.3, -0.25) is 9.48 Å². The molecule has 0 unspecified atom stereocenters. The van der Waals surface area contributed by atoms with E-state index in [-0.39, 0.29) is 5.56 Å². The third kappa shape index (κ3) is 3.31. The minimum absolute atomic E-state index is 0.000358. The van der Waals surface area contributed by atoms with Crippen molar-refractivity contribution in [2.75, 3.05) is 12.3 Å². The number of aromatic nitrogens is 2. The van der Waals surface area contributed by atoms with Crippen LogP contribution >= 0.6 is 0 Å². The Morgan fingerprint density at radius 2 is 2.32 bits per heavy atom. The Kier molecular flexibility index (Phi) is 3.79. The van der Waals surface area contributed by atoms with E-state index in [1.807, 2.05) is 13.2 Å². The number of halogens is 1. The maximum absolute atomic E-state index is 13.5. The number of rotatable bonds is 4. The van der Waals surface area contributed by atoms with Gasteiger partial charge in [0.25, 0.3) is 5.91 Å². The van der Waals surface area contributed by atoms with Gasteiger partial charge in [0.1, 0.15) is 5.82 Å². The molecule has 0 saturated carbocycles. The van der Waals surface area contributed by atoms with Crippen LogP contribution in [0, 0.1) is 5.82 Å². The highest BCUT2D eigenvalue weighted by Crippen LogP contribution is 2.11. The fraction of sp³-hybridized carbons (Fsp3) is 0.231. The van der Waals surface area contributed by atoms with Crippen LogP contribution in [-0.4, -0.2) is 22.2 Å². The summed E-state index contributed by atoms with van der Waals surface area (Å²) in [5, 5.41) is 6.69. The molecule has 0 aliphatic carbocycles. The summed E-state index contributed by atoms with van der Waals surface area (Å²) >= 11 is 0. The Labute approximate surface area is 110 Å². The quantitative estimate of drug-likeness (QED) is 0.811. The molecule has 0 radical (unpaired) electrons. The number of hydrogen-bond donors (Lipinski definition) is 2. The lowest BCUT2D eigenvalue weighted by atomic mass is 10.1. The molecule has 19 heavy (non-hydrogen) atoms. The number of anilines is 1. The number of amides is 1. The zero-order valence-electron chi connectivity index (χ0n) is 10.6. The van der Waals surface area contributed by atoms with E-state index >= 15 is 0 Å².